The van der Waals surface area contributed by atoms with Gasteiger partial charge in [-0.25, -0.2) is 14.4 Å². The van der Waals surface area contributed by atoms with Crippen LogP contribution in [0.25, 0.3) is 0 Å². The third kappa shape index (κ3) is 6.15. The van der Waals surface area contributed by atoms with Gasteiger partial charge in [0.2, 0.25) is 0 Å². The number of hydrazone groups is 1. The van der Waals surface area contributed by atoms with Crippen LogP contribution in [0.15, 0.2) is 120 Å². The Bertz CT molecular complexity index is 1530. The van der Waals surface area contributed by atoms with Crippen LogP contribution in [0.2, 0.25) is 5.02 Å². The molecule has 1 atom stereocenters. The first-order chi connectivity index (χ1) is 20.3. The highest BCUT2D eigenvalue weighted by atomic mass is 35.5. The Kier molecular flexibility index (Phi) is 9.97. The summed E-state index contributed by atoms with van der Waals surface area (Å²) in [6.45, 7) is -3.25. The van der Waals surface area contributed by atoms with Gasteiger partial charge in [-0.2, -0.15) is 10.1 Å². The van der Waals surface area contributed by atoms with Crippen molar-refractivity contribution in [1.29, 1.82) is 0 Å². The number of methoxy groups -OCH3 is 2. The predicted molar refractivity (Wildman–Crippen MR) is 168 cm³/mol. The minimum atomic E-state index is -3.25. The fourth-order valence-electron chi connectivity index (χ4n) is 4.72. The first kappa shape index (κ1) is 30.3. The summed E-state index contributed by atoms with van der Waals surface area (Å²) in [6, 6.07) is 31.9. The number of nitrogens with zero attached hydrogens (tertiary/aromatic N) is 2. The molecule has 0 heterocycles. The van der Waals surface area contributed by atoms with E-state index in [-0.39, 0.29) is 5.29 Å². The van der Waals surface area contributed by atoms with Gasteiger partial charge in [-0.15, -0.1) is 0 Å². The van der Waals surface area contributed by atoms with Gasteiger partial charge in [0.05, 0.1) is 25.7 Å². The molecule has 0 saturated carbocycles. The van der Waals surface area contributed by atoms with Crippen LogP contribution in [0.5, 0.6) is 0 Å². The Morgan fingerprint density at radius 3 is 1.60 bits per heavy atom. The molecule has 0 radical (unpaired) electrons. The molecule has 2 N–H and O–H groups in total. The SMILES string of the molecule is COC(=O)C(C(C(=O)OC)N(/N=C/c1ccc(Cl)cc1)C(N)=O)=P(c1ccccc1)(c1ccccc1)c1ccccc1. The van der Waals surface area contributed by atoms with Crippen LogP contribution < -0.4 is 21.6 Å². The standard InChI is InChI=1S/C32H29ClN3O5P/c1-40-30(37)28(36(32(34)39)35-22-23-18-20-24(33)21-19-23)29(31(38)41-2)42(25-12-6-3-7-13-25,26-14-8-4-9-15-26)27-16-10-5-11-17-27/h3-22,28H,1-2H3,(H2,34,39)/b35-22+. The van der Waals surface area contributed by atoms with E-state index < -0.39 is 30.9 Å². The molecule has 0 aliphatic heterocycles. The molecule has 0 bridgehead atoms. The monoisotopic (exact) mass is 601 g/mol. The number of carbonyl (C=O) groups is 3. The van der Waals surface area contributed by atoms with Gasteiger partial charge >= 0.3 is 18.0 Å². The Hall–Kier alpha value is -4.65. The van der Waals surface area contributed by atoms with E-state index in [1.54, 1.807) is 24.3 Å². The summed E-state index contributed by atoms with van der Waals surface area (Å²) in [4.78, 5) is 40.9. The third-order valence-electron chi connectivity index (χ3n) is 6.54. The zero-order valence-electron chi connectivity index (χ0n) is 23.0. The second-order valence-electron chi connectivity index (χ2n) is 8.96. The Labute approximate surface area is 249 Å². The molecule has 0 saturated heterocycles. The van der Waals surface area contributed by atoms with E-state index in [4.69, 9.17) is 26.8 Å². The maximum Gasteiger partial charge on any atom is 0.337 e. The van der Waals surface area contributed by atoms with Crippen LogP contribution in [0, 0.1) is 0 Å². The number of ether oxygens (including phenoxy) is 2. The van der Waals surface area contributed by atoms with Crippen LogP contribution in [-0.4, -0.2) is 54.7 Å². The molecule has 2 amide bonds. The lowest BCUT2D eigenvalue weighted by molar-refractivity contribution is -0.144. The van der Waals surface area contributed by atoms with Gasteiger partial charge in [0.25, 0.3) is 0 Å². The Balaban J connectivity index is 2.21. The lowest BCUT2D eigenvalue weighted by Gasteiger charge is -2.35. The number of halogens is 1. The van der Waals surface area contributed by atoms with Gasteiger partial charge in [-0.3, -0.25) is 0 Å². The van der Waals surface area contributed by atoms with Crippen molar-refractivity contribution in [3.8, 4) is 0 Å². The minimum Gasteiger partial charge on any atom is -0.467 e. The van der Waals surface area contributed by atoms with Gasteiger partial charge < -0.3 is 15.2 Å². The molecular weight excluding hydrogens is 573 g/mol. The van der Waals surface area contributed by atoms with E-state index in [9.17, 15) is 14.4 Å². The van der Waals surface area contributed by atoms with E-state index in [1.165, 1.54) is 20.4 Å². The number of nitrogens with two attached hydrogens (primary N) is 1. The van der Waals surface area contributed by atoms with Crippen LogP contribution in [0.3, 0.4) is 0 Å². The molecule has 0 aliphatic rings. The van der Waals surface area contributed by atoms with E-state index in [2.05, 4.69) is 5.10 Å². The van der Waals surface area contributed by atoms with Crippen molar-refractivity contribution in [1.82, 2.24) is 5.01 Å². The Morgan fingerprint density at radius 2 is 1.21 bits per heavy atom. The first-order valence-corrected chi connectivity index (χ1v) is 15.0. The van der Waals surface area contributed by atoms with E-state index in [1.807, 2.05) is 91.0 Å². The average Bonchev–Trinajstić information content (AvgIpc) is 3.03. The summed E-state index contributed by atoms with van der Waals surface area (Å²) < 4.78 is 10.6. The van der Waals surface area contributed by atoms with Gasteiger partial charge in [-0.05, 0) is 40.5 Å². The summed E-state index contributed by atoms with van der Waals surface area (Å²) >= 11 is 6.01. The number of benzene rings is 4. The molecule has 8 nitrogen and oxygen atoms in total. The van der Waals surface area contributed by atoms with Crippen molar-refractivity contribution in [2.24, 2.45) is 10.8 Å². The number of carbonyl (C=O) groups excluding carboxylic acids is 3. The van der Waals surface area contributed by atoms with Gasteiger partial charge in [-0.1, -0.05) is 115 Å². The lowest BCUT2D eigenvalue weighted by atomic mass is 10.2. The maximum atomic E-state index is 14.1. The first-order valence-electron chi connectivity index (χ1n) is 12.8. The average molecular weight is 602 g/mol. The molecular formula is C32H29ClN3O5P. The van der Waals surface area contributed by atoms with Crippen LogP contribution in [-0.2, 0) is 19.1 Å². The number of esters is 2. The number of primary amides is 1. The fourth-order valence-corrected chi connectivity index (χ4v) is 9.38. The van der Waals surface area contributed by atoms with Crippen LogP contribution >= 0.6 is 18.5 Å². The topological polar surface area (TPSA) is 111 Å². The predicted octanol–water partition coefficient (Wildman–Crippen LogP) is 3.94. The third-order valence-corrected chi connectivity index (χ3v) is 11.2. The number of urea groups is 1. The van der Waals surface area contributed by atoms with E-state index >= 15 is 0 Å². The molecule has 4 aromatic carbocycles. The summed E-state index contributed by atoms with van der Waals surface area (Å²) in [7, 11) is 2.39. The van der Waals surface area contributed by atoms with Crippen molar-refractivity contribution < 1.29 is 23.9 Å². The summed E-state index contributed by atoms with van der Waals surface area (Å²) in [5, 5.41) is 7.76. The normalized spacial score (nSPS) is 11.9. The second-order valence-corrected chi connectivity index (χ2v) is 12.8. The van der Waals surface area contributed by atoms with Gasteiger partial charge in [0.1, 0.15) is 0 Å². The minimum absolute atomic E-state index is 0.0347. The highest BCUT2D eigenvalue weighted by molar-refractivity contribution is 7.96. The van der Waals surface area contributed by atoms with Crippen molar-refractivity contribution in [3.05, 3.63) is 126 Å². The number of rotatable bonds is 9. The van der Waals surface area contributed by atoms with Gasteiger partial charge in [0, 0.05) is 5.02 Å². The van der Waals surface area contributed by atoms with Crippen LogP contribution in [0.4, 0.5) is 4.79 Å². The molecule has 10 heteroatoms. The van der Waals surface area contributed by atoms with Crippen molar-refractivity contribution >= 4 is 63.9 Å². The largest absolute Gasteiger partial charge is 0.467 e. The van der Waals surface area contributed by atoms with Crippen molar-refractivity contribution in [2.45, 2.75) is 6.04 Å². The number of amides is 2. The molecule has 0 fully saturated rings. The molecule has 42 heavy (non-hydrogen) atoms. The summed E-state index contributed by atoms with van der Waals surface area (Å²) in [6.07, 6.45) is 1.35. The number of hydrogen-bond donors (Lipinski definition) is 1. The molecule has 0 spiro atoms. The van der Waals surface area contributed by atoms with E-state index in [0.717, 1.165) is 20.9 Å². The molecule has 4 aromatic rings. The van der Waals surface area contributed by atoms with E-state index in [0.29, 0.717) is 10.6 Å². The van der Waals surface area contributed by atoms with Crippen LogP contribution in [0.1, 0.15) is 5.56 Å². The fraction of sp³-hybridized carbons (Fsp3) is 0.0938. The van der Waals surface area contributed by atoms with Crippen molar-refractivity contribution in [3.63, 3.8) is 0 Å². The molecule has 214 valence electrons. The zero-order chi connectivity index (χ0) is 30.1. The number of hydrogen-bond acceptors (Lipinski definition) is 6. The smallest absolute Gasteiger partial charge is 0.337 e. The lowest BCUT2D eigenvalue weighted by Crippen LogP contribution is -2.54. The molecule has 0 aromatic heterocycles. The molecule has 0 aliphatic carbocycles. The summed E-state index contributed by atoms with van der Waals surface area (Å²) in [5.41, 5.74) is 6.42. The highest BCUT2D eigenvalue weighted by Gasteiger charge is 2.45. The second kappa shape index (κ2) is 13.8. The molecule has 1 unspecified atom stereocenters. The Morgan fingerprint density at radius 1 is 0.762 bits per heavy atom. The zero-order valence-corrected chi connectivity index (χ0v) is 24.6. The highest BCUT2D eigenvalue weighted by Crippen LogP contribution is 2.47. The quantitative estimate of drug-likeness (QED) is 0.135. The van der Waals surface area contributed by atoms with Crippen molar-refractivity contribution in [2.75, 3.05) is 14.2 Å². The summed E-state index contributed by atoms with van der Waals surface area (Å²) in [5.74, 6) is -1.74. The molecule has 4 rings (SSSR count). The maximum absolute atomic E-state index is 14.1. The van der Waals surface area contributed by atoms with Gasteiger partial charge in [0.15, 0.2) is 6.04 Å².